The molecule has 0 aliphatic rings. The van der Waals surface area contributed by atoms with E-state index < -0.39 is 12.1 Å². The van der Waals surface area contributed by atoms with Gasteiger partial charge in [-0.25, -0.2) is 0 Å². The summed E-state index contributed by atoms with van der Waals surface area (Å²) in [5.74, 6) is -1.28. The molecular weight excluding hydrogens is 199 g/mol. The quantitative estimate of drug-likeness (QED) is 0.763. The lowest BCUT2D eigenvalue weighted by Gasteiger charge is -2.19. The lowest BCUT2D eigenvalue weighted by molar-refractivity contribution is -0.165. The topological polar surface area (TPSA) is 26.0 Å². The number of alkyl halides is 3. The van der Waals surface area contributed by atoms with Crippen LogP contribution in [0.15, 0.2) is 0 Å². The average Bonchev–Trinajstić information content (AvgIpc) is 2.02. The molecule has 0 saturated carbocycles. The van der Waals surface area contributed by atoms with E-state index in [2.05, 4.69) is 0 Å². The molecular formula is C8H16F3NS. The standard InChI is InChI=1S/C8H16F3NS/c1-3-6(2)13-5-7(4-12)8(9,10)11/h6-7H,3-5,12H2,1-2H3. The molecule has 5 heteroatoms. The molecule has 2 atom stereocenters. The van der Waals surface area contributed by atoms with E-state index in [-0.39, 0.29) is 17.5 Å². The van der Waals surface area contributed by atoms with E-state index in [1.54, 1.807) is 0 Å². The van der Waals surface area contributed by atoms with E-state index in [9.17, 15) is 13.2 Å². The third-order valence-corrected chi connectivity index (χ3v) is 3.40. The van der Waals surface area contributed by atoms with Gasteiger partial charge in [0.15, 0.2) is 0 Å². The minimum atomic E-state index is -4.14. The van der Waals surface area contributed by atoms with Crippen LogP contribution in [-0.2, 0) is 0 Å². The summed E-state index contributed by atoms with van der Waals surface area (Å²) in [6.07, 6.45) is -3.25. The van der Waals surface area contributed by atoms with Crippen LogP contribution in [-0.4, -0.2) is 23.7 Å². The Kier molecular flexibility index (Phi) is 5.80. The van der Waals surface area contributed by atoms with Crippen LogP contribution in [0.1, 0.15) is 20.3 Å². The summed E-state index contributed by atoms with van der Waals surface area (Å²) >= 11 is 1.34. The Labute approximate surface area is 81.3 Å². The van der Waals surface area contributed by atoms with Gasteiger partial charge in [0, 0.05) is 17.5 Å². The second-order valence-corrected chi connectivity index (χ2v) is 4.50. The van der Waals surface area contributed by atoms with Gasteiger partial charge in [0.25, 0.3) is 0 Å². The summed E-state index contributed by atoms with van der Waals surface area (Å²) in [4.78, 5) is 0. The first-order valence-electron chi connectivity index (χ1n) is 4.30. The van der Waals surface area contributed by atoms with Gasteiger partial charge >= 0.3 is 6.18 Å². The highest BCUT2D eigenvalue weighted by Crippen LogP contribution is 2.29. The van der Waals surface area contributed by atoms with Crippen LogP contribution in [0.4, 0.5) is 13.2 Å². The molecule has 0 spiro atoms. The molecule has 0 aromatic rings. The lowest BCUT2D eigenvalue weighted by Crippen LogP contribution is -2.32. The predicted molar refractivity (Wildman–Crippen MR) is 50.8 cm³/mol. The van der Waals surface area contributed by atoms with Gasteiger partial charge < -0.3 is 5.73 Å². The van der Waals surface area contributed by atoms with Crippen LogP contribution in [0.3, 0.4) is 0 Å². The first kappa shape index (κ1) is 13.1. The Balaban J connectivity index is 3.86. The van der Waals surface area contributed by atoms with E-state index in [1.807, 2.05) is 13.8 Å². The van der Waals surface area contributed by atoms with Crippen molar-refractivity contribution in [1.82, 2.24) is 0 Å². The van der Waals surface area contributed by atoms with Crippen LogP contribution in [0.5, 0.6) is 0 Å². The van der Waals surface area contributed by atoms with Crippen LogP contribution < -0.4 is 5.73 Å². The summed E-state index contributed by atoms with van der Waals surface area (Å²) in [5.41, 5.74) is 5.05. The lowest BCUT2D eigenvalue weighted by atomic mass is 10.2. The molecule has 0 fully saturated rings. The van der Waals surface area contributed by atoms with Gasteiger partial charge in [0.05, 0.1) is 5.92 Å². The molecule has 0 saturated heterocycles. The van der Waals surface area contributed by atoms with E-state index in [0.29, 0.717) is 0 Å². The van der Waals surface area contributed by atoms with Crippen molar-refractivity contribution in [1.29, 1.82) is 0 Å². The maximum Gasteiger partial charge on any atom is 0.393 e. The van der Waals surface area contributed by atoms with Gasteiger partial charge in [0.2, 0.25) is 0 Å². The maximum atomic E-state index is 12.2. The SMILES string of the molecule is CCC(C)SCC(CN)C(F)(F)F. The van der Waals surface area contributed by atoms with Gasteiger partial charge in [-0.2, -0.15) is 24.9 Å². The highest BCUT2D eigenvalue weighted by atomic mass is 32.2. The Morgan fingerprint density at radius 2 is 1.92 bits per heavy atom. The highest BCUT2D eigenvalue weighted by molar-refractivity contribution is 7.99. The molecule has 1 nitrogen and oxygen atoms in total. The fraction of sp³-hybridized carbons (Fsp3) is 1.00. The molecule has 13 heavy (non-hydrogen) atoms. The molecule has 0 radical (unpaired) electrons. The van der Waals surface area contributed by atoms with Gasteiger partial charge in [0.1, 0.15) is 0 Å². The van der Waals surface area contributed by atoms with Gasteiger partial charge in [-0.3, -0.25) is 0 Å². The van der Waals surface area contributed by atoms with Crippen molar-refractivity contribution in [2.75, 3.05) is 12.3 Å². The molecule has 0 rings (SSSR count). The van der Waals surface area contributed by atoms with Crippen molar-refractivity contribution in [2.24, 2.45) is 11.7 Å². The number of thioether (sulfide) groups is 1. The summed E-state index contributed by atoms with van der Waals surface area (Å²) in [7, 11) is 0. The second kappa shape index (κ2) is 5.75. The number of rotatable bonds is 5. The Morgan fingerprint density at radius 1 is 1.38 bits per heavy atom. The molecule has 0 bridgehead atoms. The summed E-state index contributed by atoms with van der Waals surface area (Å²) in [6.45, 7) is 3.57. The van der Waals surface area contributed by atoms with Gasteiger partial charge in [-0.05, 0) is 6.42 Å². The van der Waals surface area contributed by atoms with Crippen LogP contribution >= 0.6 is 11.8 Å². The molecule has 2 N–H and O–H groups in total. The van der Waals surface area contributed by atoms with Crippen LogP contribution in [0, 0.1) is 5.92 Å². The van der Waals surface area contributed by atoms with E-state index >= 15 is 0 Å². The molecule has 0 amide bonds. The second-order valence-electron chi connectivity index (χ2n) is 3.03. The van der Waals surface area contributed by atoms with Crippen LogP contribution in [0.2, 0.25) is 0 Å². The largest absolute Gasteiger partial charge is 0.393 e. The average molecular weight is 215 g/mol. The molecule has 0 aliphatic heterocycles. The third-order valence-electron chi connectivity index (χ3n) is 1.90. The molecule has 0 heterocycles. The fourth-order valence-electron chi connectivity index (χ4n) is 0.694. The summed E-state index contributed by atoms with van der Waals surface area (Å²) in [5, 5.41) is 0.274. The molecule has 0 aromatic heterocycles. The maximum absolute atomic E-state index is 12.2. The third kappa shape index (κ3) is 5.41. The fourth-order valence-corrected chi connectivity index (χ4v) is 1.82. The molecule has 80 valence electrons. The van der Waals surface area contributed by atoms with Crippen molar-refractivity contribution >= 4 is 11.8 Å². The Hall–Kier alpha value is 0.100. The monoisotopic (exact) mass is 215 g/mol. The minimum Gasteiger partial charge on any atom is -0.330 e. The van der Waals surface area contributed by atoms with Crippen molar-refractivity contribution in [3.05, 3.63) is 0 Å². The van der Waals surface area contributed by atoms with Crippen molar-refractivity contribution < 1.29 is 13.2 Å². The number of hydrogen-bond acceptors (Lipinski definition) is 2. The smallest absolute Gasteiger partial charge is 0.330 e. The normalized spacial score (nSPS) is 17.1. The zero-order valence-electron chi connectivity index (χ0n) is 7.90. The first-order chi connectivity index (χ1) is 5.91. The first-order valence-corrected chi connectivity index (χ1v) is 5.35. The van der Waals surface area contributed by atoms with E-state index in [0.717, 1.165) is 6.42 Å². The van der Waals surface area contributed by atoms with Gasteiger partial charge in [-0.1, -0.05) is 13.8 Å². The molecule has 2 unspecified atom stereocenters. The summed E-state index contributed by atoms with van der Waals surface area (Å²) < 4.78 is 36.5. The zero-order valence-corrected chi connectivity index (χ0v) is 8.71. The number of nitrogens with two attached hydrogens (primary N) is 1. The van der Waals surface area contributed by atoms with E-state index in [1.165, 1.54) is 11.8 Å². The Morgan fingerprint density at radius 3 is 2.23 bits per heavy atom. The molecule has 0 aliphatic carbocycles. The molecule has 0 aromatic carbocycles. The number of hydrogen-bond donors (Lipinski definition) is 1. The number of halogens is 3. The predicted octanol–water partition coefficient (Wildman–Crippen LogP) is 2.66. The van der Waals surface area contributed by atoms with Crippen molar-refractivity contribution in [3.63, 3.8) is 0 Å². The van der Waals surface area contributed by atoms with Crippen LogP contribution in [0.25, 0.3) is 0 Å². The van der Waals surface area contributed by atoms with Crippen molar-refractivity contribution in [2.45, 2.75) is 31.7 Å². The Bertz CT molecular complexity index is 138. The van der Waals surface area contributed by atoms with Crippen molar-refractivity contribution in [3.8, 4) is 0 Å². The van der Waals surface area contributed by atoms with E-state index in [4.69, 9.17) is 5.73 Å². The zero-order chi connectivity index (χ0) is 10.5. The highest BCUT2D eigenvalue weighted by Gasteiger charge is 2.38. The minimum absolute atomic E-state index is 0.0784. The van der Waals surface area contributed by atoms with Gasteiger partial charge in [-0.15, -0.1) is 0 Å². The summed E-state index contributed by atoms with van der Waals surface area (Å²) in [6, 6.07) is 0.